The van der Waals surface area contributed by atoms with E-state index in [0.717, 1.165) is 12.4 Å². The Balaban J connectivity index is 1.75. The van der Waals surface area contributed by atoms with Gasteiger partial charge in [-0.15, -0.1) is 0 Å². The van der Waals surface area contributed by atoms with Crippen LogP contribution in [0.1, 0.15) is 21.8 Å². The van der Waals surface area contributed by atoms with Crippen molar-refractivity contribution in [1.82, 2.24) is 15.3 Å². The third-order valence-corrected chi connectivity index (χ3v) is 3.40. The predicted molar refractivity (Wildman–Crippen MR) is 86.6 cm³/mol. The monoisotopic (exact) mass is 362 g/mol. The van der Waals surface area contributed by atoms with Crippen molar-refractivity contribution in [3.8, 4) is 0 Å². The van der Waals surface area contributed by atoms with E-state index in [-0.39, 0.29) is 23.7 Å². The molecule has 0 spiro atoms. The summed E-state index contributed by atoms with van der Waals surface area (Å²) in [6, 6.07) is 9.65. The van der Waals surface area contributed by atoms with Crippen LogP contribution in [0.2, 0.25) is 0 Å². The molecule has 0 atom stereocenters. The van der Waals surface area contributed by atoms with Crippen molar-refractivity contribution in [2.24, 2.45) is 0 Å². The van der Waals surface area contributed by atoms with Crippen molar-refractivity contribution in [3.05, 3.63) is 72.1 Å². The molecule has 0 saturated heterocycles. The van der Waals surface area contributed by atoms with Crippen molar-refractivity contribution < 1.29 is 22.4 Å². The number of nitrogens with zero attached hydrogens (tertiary/aromatic N) is 2. The maximum Gasteiger partial charge on any atom is 0.418 e. The summed E-state index contributed by atoms with van der Waals surface area (Å²) in [5.41, 5.74) is -0.985. The number of halogens is 3. The summed E-state index contributed by atoms with van der Waals surface area (Å²) in [6.07, 6.45) is -1.94. The highest BCUT2D eigenvalue weighted by molar-refractivity contribution is 5.92. The highest BCUT2D eigenvalue weighted by Crippen LogP contribution is 2.35. The first-order valence-electron chi connectivity index (χ1n) is 7.49. The number of hydrogen-bond donors (Lipinski definition) is 2. The van der Waals surface area contributed by atoms with Crippen molar-refractivity contribution in [1.29, 1.82) is 0 Å². The first-order chi connectivity index (χ1) is 12.4. The second-order valence-electron chi connectivity index (χ2n) is 5.22. The van der Waals surface area contributed by atoms with Gasteiger partial charge in [-0.2, -0.15) is 13.2 Å². The number of hydrogen-bond acceptors (Lipinski definition) is 5. The molecule has 1 aromatic carbocycles. The molecule has 0 fully saturated rings. The molecule has 2 heterocycles. The minimum absolute atomic E-state index is 0.0125. The minimum Gasteiger partial charge on any atom is -0.467 e. The zero-order valence-corrected chi connectivity index (χ0v) is 13.2. The van der Waals surface area contributed by atoms with Crippen LogP contribution in [0.25, 0.3) is 0 Å². The first kappa shape index (κ1) is 17.5. The molecule has 3 aromatic rings. The Labute approximate surface area is 146 Å². The lowest BCUT2D eigenvalue weighted by atomic mass is 10.1. The number of anilines is 2. The van der Waals surface area contributed by atoms with Crippen LogP contribution in [0.15, 0.2) is 59.5 Å². The molecular formula is C17H13F3N4O2. The van der Waals surface area contributed by atoms with Crippen LogP contribution in [-0.4, -0.2) is 15.9 Å². The molecule has 0 saturated carbocycles. The molecule has 26 heavy (non-hydrogen) atoms. The molecule has 9 heteroatoms. The number of amides is 1. The second kappa shape index (κ2) is 7.26. The van der Waals surface area contributed by atoms with Gasteiger partial charge in [-0.25, -0.2) is 9.97 Å². The van der Waals surface area contributed by atoms with Crippen molar-refractivity contribution in [2.45, 2.75) is 12.7 Å². The largest absolute Gasteiger partial charge is 0.467 e. The van der Waals surface area contributed by atoms with E-state index in [9.17, 15) is 18.0 Å². The van der Waals surface area contributed by atoms with E-state index in [1.165, 1.54) is 30.5 Å². The number of rotatable bonds is 5. The van der Waals surface area contributed by atoms with Gasteiger partial charge >= 0.3 is 6.18 Å². The van der Waals surface area contributed by atoms with Gasteiger partial charge in [0.2, 0.25) is 0 Å². The lowest BCUT2D eigenvalue weighted by molar-refractivity contribution is -0.136. The Hall–Kier alpha value is -3.36. The highest BCUT2D eigenvalue weighted by atomic mass is 19.4. The highest BCUT2D eigenvalue weighted by Gasteiger charge is 2.33. The molecule has 2 aromatic heterocycles. The molecule has 0 aliphatic carbocycles. The summed E-state index contributed by atoms with van der Waals surface area (Å²) < 4.78 is 44.2. The molecule has 0 aliphatic heterocycles. The number of carbonyl (C=O) groups excluding carboxylic acids is 1. The van der Waals surface area contributed by atoms with Crippen LogP contribution < -0.4 is 10.6 Å². The van der Waals surface area contributed by atoms with Crippen molar-refractivity contribution in [3.63, 3.8) is 0 Å². The number of alkyl halides is 3. The smallest absolute Gasteiger partial charge is 0.418 e. The molecule has 3 rings (SSSR count). The molecule has 0 unspecified atom stereocenters. The van der Waals surface area contributed by atoms with Gasteiger partial charge in [-0.1, -0.05) is 12.1 Å². The Bertz CT molecular complexity index is 895. The third-order valence-electron chi connectivity index (χ3n) is 3.40. The predicted octanol–water partition coefficient (Wildman–Crippen LogP) is 3.76. The number of aromatic nitrogens is 2. The van der Waals surface area contributed by atoms with E-state index in [1.54, 1.807) is 12.1 Å². The number of para-hydroxylation sites is 1. The zero-order chi connectivity index (χ0) is 18.6. The van der Waals surface area contributed by atoms with Crippen LogP contribution >= 0.6 is 0 Å². The standard InChI is InChI=1S/C17H13F3N4O2/c18-17(19,20)12-5-1-2-6-13(12)24-15-8-14(22-10-23-15)16(25)21-9-11-4-3-7-26-11/h1-8,10H,9H2,(H,21,25)(H,22,23,24). The molecule has 0 bridgehead atoms. The Morgan fingerprint density at radius 1 is 1.12 bits per heavy atom. The van der Waals surface area contributed by atoms with Gasteiger partial charge in [0.15, 0.2) is 0 Å². The van der Waals surface area contributed by atoms with Gasteiger partial charge in [0.25, 0.3) is 5.91 Å². The van der Waals surface area contributed by atoms with Gasteiger partial charge in [-0.05, 0) is 24.3 Å². The lowest BCUT2D eigenvalue weighted by Gasteiger charge is -2.14. The van der Waals surface area contributed by atoms with Gasteiger partial charge < -0.3 is 15.1 Å². The summed E-state index contributed by atoms with van der Waals surface area (Å²) in [6.45, 7) is 0.162. The summed E-state index contributed by atoms with van der Waals surface area (Å²) >= 11 is 0. The molecular weight excluding hydrogens is 349 g/mol. The molecule has 0 aliphatic rings. The fourth-order valence-corrected chi connectivity index (χ4v) is 2.20. The fourth-order valence-electron chi connectivity index (χ4n) is 2.20. The quantitative estimate of drug-likeness (QED) is 0.722. The SMILES string of the molecule is O=C(NCc1ccco1)c1cc(Nc2ccccc2C(F)(F)F)ncn1. The number of nitrogens with one attached hydrogen (secondary N) is 2. The van der Waals surface area contributed by atoms with Crippen LogP contribution in [0.3, 0.4) is 0 Å². The normalized spacial score (nSPS) is 11.2. The van der Waals surface area contributed by atoms with Crippen LogP contribution in [0, 0.1) is 0 Å². The van der Waals surface area contributed by atoms with Gasteiger partial charge in [0.05, 0.1) is 24.1 Å². The van der Waals surface area contributed by atoms with E-state index >= 15 is 0 Å². The van der Waals surface area contributed by atoms with Crippen LogP contribution in [-0.2, 0) is 12.7 Å². The van der Waals surface area contributed by atoms with Crippen LogP contribution in [0.4, 0.5) is 24.7 Å². The van der Waals surface area contributed by atoms with E-state index in [0.29, 0.717) is 5.76 Å². The number of benzene rings is 1. The van der Waals surface area contributed by atoms with Crippen molar-refractivity contribution in [2.75, 3.05) is 5.32 Å². The third kappa shape index (κ3) is 4.18. The zero-order valence-electron chi connectivity index (χ0n) is 13.2. The summed E-state index contributed by atoms with van der Waals surface area (Å²) in [4.78, 5) is 19.8. The first-order valence-corrected chi connectivity index (χ1v) is 7.49. The van der Waals surface area contributed by atoms with E-state index < -0.39 is 17.6 Å². The Morgan fingerprint density at radius 3 is 2.65 bits per heavy atom. The maximum atomic E-state index is 13.0. The van der Waals surface area contributed by atoms with E-state index in [2.05, 4.69) is 20.6 Å². The summed E-state index contributed by atoms with van der Waals surface area (Å²) in [5, 5.41) is 5.17. The summed E-state index contributed by atoms with van der Waals surface area (Å²) in [5.74, 6) is 0.126. The van der Waals surface area contributed by atoms with Crippen LogP contribution in [0.5, 0.6) is 0 Å². The van der Waals surface area contributed by atoms with Gasteiger partial charge in [-0.3, -0.25) is 4.79 Å². The molecule has 1 amide bonds. The number of carbonyl (C=O) groups is 1. The topological polar surface area (TPSA) is 80.0 Å². The number of furan rings is 1. The van der Waals surface area contributed by atoms with Gasteiger partial charge in [0.1, 0.15) is 23.6 Å². The van der Waals surface area contributed by atoms with Crippen molar-refractivity contribution >= 4 is 17.4 Å². The molecule has 2 N–H and O–H groups in total. The maximum absolute atomic E-state index is 13.0. The van der Waals surface area contributed by atoms with E-state index in [4.69, 9.17) is 4.42 Å². The lowest BCUT2D eigenvalue weighted by Crippen LogP contribution is -2.23. The average molecular weight is 362 g/mol. The van der Waals surface area contributed by atoms with E-state index in [1.807, 2.05) is 0 Å². The summed E-state index contributed by atoms with van der Waals surface area (Å²) in [7, 11) is 0. The average Bonchev–Trinajstić information content (AvgIpc) is 3.13. The molecule has 6 nitrogen and oxygen atoms in total. The second-order valence-corrected chi connectivity index (χ2v) is 5.22. The Morgan fingerprint density at radius 2 is 1.92 bits per heavy atom. The molecule has 0 radical (unpaired) electrons. The minimum atomic E-state index is -4.51. The van der Waals surface area contributed by atoms with Gasteiger partial charge in [0, 0.05) is 6.07 Å². The Kier molecular flexibility index (Phi) is 4.87. The molecule has 134 valence electrons. The fraction of sp³-hybridized carbons (Fsp3) is 0.118.